The van der Waals surface area contributed by atoms with Crippen molar-refractivity contribution in [2.75, 3.05) is 13.1 Å². The van der Waals surface area contributed by atoms with Crippen molar-refractivity contribution in [3.05, 3.63) is 71.8 Å². The van der Waals surface area contributed by atoms with Gasteiger partial charge in [0.05, 0.1) is 13.1 Å². The number of carbonyl (C=O) groups is 4. The third-order valence-electron chi connectivity index (χ3n) is 7.07. The summed E-state index contributed by atoms with van der Waals surface area (Å²) in [5.41, 5.74) is 21.3. The number of aliphatic imine (C=N–C) groups is 2. The molecule has 2 atom stereocenters. The number of benzene rings is 2. The van der Waals surface area contributed by atoms with E-state index in [2.05, 4.69) is 9.98 Å². The van der Waals surface area contributed by atoms with Crippen LogP contribution in [0, 0.1) is 0 Å². The number of likely N-dealkylation sites (N-methyl/N-ethyl adjacent to an activating group) is 2. The number of guanidine groups is 2. The normalized spacial score (nSPS) is 13.2. The quantitative estimate of drug-likeness (QED) is 0.102. The molecule has 0 saturated carbocycles. The van der Waals surface area contributed by atoms with E-state index in [9.17, 15) is 19.2 Å². The average Bonchev–Trinajstić information content (AvgIpc) is 3.01. The van der Waals surface area contributed by atoms with E-state index in [1.165, 1.54) is 0 Å². The minimum Gasteiger partial charge on any atom is -0.370 e. The summed E-state index contributed by atoms with van der Waals surface area (Å²) < 4.78 is 0. The topological polar surface area (TPSA) is 222 Å². The van der Waals surface area contributed by atoms with Crippen LogP contribution in [0.4, 0.5) is 0 Å². The minimum atomic E-state index is -1.48. The van der Waals surface area contributed by atoms with E-state index in [1.807, 2.05) is 60.7 Å². The number of hydrogen-bond acceptors (Lipinski definition) is 8. The Hall–Kier alpha value is -5.14. The zero-order valence-corrected chi connectivity index (χ0v) is 26.3. The lowest BCUT2D eigenvalue weighted by Crippen LogP contribution is -2.52. The van der Waals surface area contributed by atoms with Gasteiger partial charge >= 0.3 is 11.9 Å². The highest BCUT2D eigenvalue weighted by Crippen LogP contribution is 2.27. The van der Waals surface area contributed by atoms with Gasteiger partial charge < -0.3 is 32.6 Å². The second-order valence-corrected chi connectivity index (χ2v) is 10.3. The molecule has 0 saturated heterocycles. The maximum absolute atomic E-state index is 13.7. The second kappa shape index (κ2) is 16.6. The molecule has 2 aromatic rings. The van der Waals surface area contributed by atoms with Gasteiger partial charge in [0.15, 0.2) is 11.9 Å². The molecule has 0 aliphatic heterocycles. The molecular formula is C31H44N8O6. The number of nitrogens with two attached hydrogens (primary N) is 4. The van der Waals surface area contributed by atoms with Gasteiger partial charge in [-0.05, 0) is 37.8 Å². The van der Waals surface area contributed by atoms with E-state index in [1.54, 1.807) is 27.7 Å². The van der Waals surface area contributed by atoms with Gasteiger partial charge in [0.1, 0.15) is 17.5 Å². The molecule has 45 heavy (non-hydrogen) atoms. The van der Waals surface area contributed by atoms with Crippen molar-refractivity contribution in [1.82, 2.24) is 10.1 Å². The fourth-order valence-electron chi connectivity index (χ4n) is 4.79. The number of carbonyl (C=O) groups excluding carboxylic acids is 4. The monoisotopic (exact) mass is 624 g/mol. The third-order valence-corrected chi connectivity index (χ3v) is 7.07. The first-order valence-electron chi connectivity index (χ1n) is 14.7. The number of nitrogens with zero attached hydrogens (tertiary/aromatic N) is 4. The van der Waals surface area contributed by atoms with Crippen molar-refractivity contribution < 1.29 is 28.9 Å². The van der Waals surface area contributed by atoms with Gasteiger partial charge in [-0.3, -0.25) is 9.59 Å². The molecule has 2 amide bonds. The van der Waals surface area contributed by atoms with Crippen LogP contribution in [-0.2, 0) is 41.7 Å². The Balaban J connectivity index is 2.21. The highest BCUT2D eigenvalue weighted by atomic mass is 16.7. The molecule has 0 bridgehead atoms. The lowest BCUT2D eigenvalue weighted by molar-refractivity contribution is -0.210. The van der Waals surface area contributed by atoms with Gasteiger partial charge in [-0.15, -0.1) is 0 Å². The molecule has 14 heteroatoms. The van der Waals surface area contributed by atoms with Crippen molar-refractivity contribution in [2.24, 2.45) is 32.9 Å². The highest BCUT2D eigenvalue weighted by Gasteiger charge is 2.43. The Labute approximate surface area is 263 Å². The average molecular weight is 625 g/mol. The first-order chi connectivity index (χ1) is 21.3. The summed E-state index contributed by atoms with van der Waals surface area (Å²) in [4.78, 5) is 72.2. The molecular weight excluding hydrogens is 580 g/mol. The van der Waals surface area contributed by atoms with Crippen LogP contribution in [0.3, 0.4) is 0 Å². The zero-order valence-electron chi connectivity index (χ0n) is 26.3. The maximum Gasteiger partial charge on any atom is 0.343 e. The van der Waals surface area contributed by atoms with Crippen LogP contribution in [0.5, 0.6) is 0 Å². The molecule has 2 unspecified atom stereocenters. The predicted molar refractivity (Wildman–Crippen MR) is 170 cm³/mol. The number of amides is 2. The third kappa shape index (κ3) is 9.95. The molecule has 0 fully saturated rings. The van der Waals surface area contributed by atoms with Crippen LogP contribution in [0.2, 0.25) is 0 Å². The number of rotatable bonds is 14. The Bertz CT molecular complexity index is 1260. The molecule has 0 radical (unpaired) electrons. The smallest absolute Gasteiger partial charge is 0.343 e. The molecule has 2 rings (SSSR count). The first kappa shape index (κ1) is 36.1. The van der Waals surface area contributed by atoms with E-state index < -0.39 is 41.3 Å². The van der Waals surface area contributed by atoms with Crippen LogP contribution in [0.1, 0.15) is 58.1 Å². The van der Waals surface area contributed by atoms with Crippen molar-refractivity contribution >= 4 is 35.7 Å². The van der Waals surface area contributed by atoms with E-state index in [4.69, 9.17) is 32.6 Å². The van der Waals surface area contributed by atoms with E-state index in [-0.39, 0.29) is 50.7 Å². The van der Waals surface area contributed by atoms with Crippen molar-refractivity contribution in [1.29, 1.82) is 0 Å². The van der Waals surface area contributed by atoms with Crippen molar-refractivity contribution in [2.45, 2.75) is 70.9 Å². The molecule has 0 aromatic heterocycles. The lowest BCUT2D eigenvalue weighted by atomic mass is 9.87. The molecule has 0 spiro atoms. The molecule has 8 N–H and O–H groups in total. The standard InChI is InChI=1S/C31H44N8O6/c1-5-30(36-28(32)33,20-22-15-11-9-12-16-22)26(42)38(7-3)44-24(40)19-25(41)45-39(8-4)27(43)31(6-2,37-29(34)35)21-23-17-13-10-14-18-23/h9-18H,5-8,19-21H2,1-4H3,(H4,32,33,36)(H4,34,35,37). The number of hydroxylamine groups is 4. The molecule has 244 valence electrons. The second-order valence-electron chi connectivity index (χ2n) is 10.3. The Morgan fingerprint density at radius 2 is 0.956 bits per heavy atom. The summed E-state index contributed by atoms with van der Waals surface area (Å²) in [7, 11) is 0. The van der Waals surface area contributed by atoms with Crippen LogP contribution >= 0.6 is 0 Å². The van der Waals surface area contributed by atoms with E-state index in [0.717, 1.165) is 21.3 Å². The van der Waals surface area contributed by atoms with Gasteiger partial charge in [0.2, 0.25) is 0 Å². The van der Waals surface area contributed by atoms with Gasteiger partial charge in [-0.2, -0.15) is 10.1 Å². The van der Waals surface area contributed by atoms with Crippen LogP contribution in [0.25, 0.3) is 0 Å². The highest BCUT2D eigenvalue weighted by molar-refractivity contribution is 5.95. The van der Waals surface area contributed by atoms with Crippen LogP contribution < -0.4 is 22.9 Å². The van der Waals surface area contributed by atoms with Gasteiger partial charge in [-0.1, -0.05) is 74.5 Å². The summed E-state index contributed by atoms with van der Waals surface area (Å²) in [6.45, 7) is 6.50. The Morgan fingerprint density at radius 3 is 1.22 bits per heavy atom. The summed E-state index contributed by atoms with van der Waals surface area (Å²) in [5, 5.41) is 1.61. The first-order valence-corrected chi connectivity index (χ1v) is 14.7. The lowest BCUT2D eigenvalue weighted by Gasteiger charge is -2.33. The van der Waals surface area contributed by atoms with Gasteiger partial charge in [-0.25, -0.2) is 19.6 Å². The maximum atomic E-state index is 13.7. The fourth-order valence-corrected chi connectivity index (χ4v) is 4.79. The van der Waals surface area contributed by atoms with Crippen LogP contribution in [0.15, 0.2) is 70.6 Å². The van der Waals surface area contributed by atoms with Crippen LogP contribution in [-0.4, -0.2) is 70.0 Å². The molecule has 0 aliphatic carbocycles. The SMILES string of the molecule is CCN(OC(=O)CC(=O)ON(CC)C(=O)C(CC)(Cc1ccccc1)N=C(N)N)C(=O)C(CC)(Cc1ccccc1)N=C(N)N. The summed E-state index contributed by atoms with van der Waals surface area (Å²) in [6.07, 6.45) is -0.292. The summed E-state index contributed by atoms with van der Waals surface area (Å²) >= 11 is 0. The minimum absolute atomic E-state index is 0.0627. The summed E-state index contributed by atoms with van der Waals surface area (Å²) in [5.74, 6) is -4.17. The molecule has 2 aromatic carbocycles. The van der Waals surface area contributed by atoms with Gasteiger partial charge in [0.25, 0.3) is 11.8 Å². The summed E-state index contributed by atoms with van der Waals surface area (Å²) in [6, 6.07) is 18.2. The van der Waals surface area contributed by atoms with Gasteiger partial charge in [0, 0.05) is 12.8 Å². The largest absolute Gasteiger partial charge is 0.370 e. The molecule has 14 nitrogen and oxygen atoms in total. The Morgan fingerprint density at radius 1 is 0.622 bits per heavy atom. The molecule has 0 heterocycles. The Kier molecular flexibility index (Phi) is 13.3. The molecule has 0 aliphatic rings. The van der Waals surface area contributed by atoms with E-state index >= 15 is 0 Å². The predicted octanol–water partition coefficient (Wildman–Crippen LogP) is 1.32. The zero-order chi connectivity index (χ0) is 33.6. The van der Waals surface area contributed by atoms with Crippen molar-refractivity contribution in [3.63, 3.8) is 0 Å². The van der Waals surface area contributed by atoms with Crippen molar-refractivity contribution in [3.8, 4) is 0 Å². The number of hydrogen-bond donors (Lipinski definition) is 4. The fraction of sp³-hybridized carbons (Fsp3) is 0.419. The van der Waals surface area contributed by atoms with E-state index in [0.29, 0.717) is 0 Å².